The van der Waals surface area contributed by atoms with Crippen molar-refractivity contribution in [2.45, 2.75) is 61.1 Å². The Labute approximate surface area is 153 Å². The third-order valence-corrected chi connectivity index (χ3v) is 7.30. The molecule has 1 heterocycles. The van der Waals surface area contributed by atoms with Gasteiger partial charge >= 0.3 is 6.03 Å². The second kappa shape index (κ2) is 8.07. The number of benzene rings is 1. The van der Waals surface area contributed by atoms with Crippen LogP contribution in [-0.4, -0.2) is 38.2 Å². The van der Waals surface area contributed by atoms with E-state index in [9.17, 15) is 18.0 Å². The molecule has 1 atom stereocenters. The van der Waals surface area contributed by atoms with Crippen LogP contribution in [0.25, 0.3) is 0 Å². The fraction of sp³-hybridized carbons (Fsp3) is 0.556. The van der Waals surface area contributed by atoms with Crippen molar-refractivity contribution in [1.82, 2.24) is 10.6 Å². The van der Waals surface area contributed by atoms with Gasteiger partial charge in [0.05, 0.1) is 10.1 Å². The lowest BCUT2D eigenvalue weighted by Crippen LogP contribution is -2.47. The zero-order valence-corrected chi connectivity index (χ0v) is 15.5. The van der Waals surface area contributed by atoms with Crippen LogP contribution in [0.15, 0.2) is 29.2 Å². The number of carbonyl (C=O) groups excluding carboxylic acids is 2. The monoisotopic (exact) mass is 379 g/mol. The lowest BCUT2D eigenvalue weighted by atomic mass is 10.1. The molecule has 0 aromatic heterocycles. The second-order valence-corrected chi connectivity index (χ2v) is 9.14. The van der Waals surface area contributed by atoms with Crippen LogP contribution in [0.5, 0.6) is 0 Å². The van der Waals surface area contributed by atoms with E-state index >= 15 is 0 Å². The first kappa shape index (κ1) is 18.7. The number of hydrogen-bond acceptors (Lipinski definition) is 4. The average Bonchev–Trinajstić information content (AvgIpc) is 3.09. The molecule has 1 aromatic carbocycles. The van der Waals surface area contributed by atoms with Gasteiger partial charge in [0, 0.05) is 12.2 Å². The van der Waals surface area contributed by atoms with E-state index < -0.39 is 21.9 Å². The molecule has 0 radical (unpaired) electrons. The van der Waals surface area contributed by atoms with E-state index in [0.29, 0.717) is 36.4 Å². The average molecular weight is 379 g/mol. The second-order valence-electron chi connectivity index (χ2n) is 6.91. The summed E-state index contributed by atoms with van der Waals surface area (Å²) in [5.41, 5.74) is 0.488. The highest BCUT2D eigenvalue weighted by Crippen LogP contribution is 2.30. The molecule has 7 nitrogen and oxygen atoms in total. The van der Waals surface area contributed by atoms with Crippen LogP contribution in [0.2, 0.25) is 0 Å². The van der Waals surface area contributed by atoms with Gasteiger partial charge in [0.25, 0.3) is 0 Å². The summed E-state index contributed by atoms with van der Waals surface area (Å²) in [5.74, 6) is -0.171. The number of urea groups is 1. The summed E-state index contributed by atoms with van der Waals surface area (Å²) in [7, 11) is -3.30. The Bertz CT molecular complexity index is 755. The lowest BCUT2D eigenvalue weighted by Gasteiger charge is -2.16. The summed E-state index contributed by atoms with van der Waals surface area (Å²) < 4.78 is 25.1. The highest BCUT2D eigenvalue weighted by atomic mass is 32.2. The molecule has 3 amide bonds. The zero-order chi connectivity index (χ0) is 18.6. The number of rotatable bonds is 4. The van der Waals surface area contributed by atoms with Crippen molar-refractivity contribution in [3.63, 3.8) is 0 Å². The highest BCUT2D eigenvalue weighted by molar-refractivity contribution is 7.92. The molecule has 2 aliphatic rings. The number of anilines is 1. The van der Waals surface area contributed by atoms with Gasteiger partial charge in [-0.15, -0.1) is 0 Å². The minimum absolute atomic E-state index is 0.171. The van der Waals surface area contributed by atoms with Crippen LogP contribution in [0.4, 0.5) is 10.5 Å². The van der Waals surface area contributed by atoms with Crippen molar-refractivity contribution in [2.24, 2.45) is 0 Å². The normalized spacial score (nSPS) is 21.7. The summed E-state index contributed by atoms with van der Waals surface area (Å²) in [6.07, 6.45) is 5.73. The Morgan fingerprint density at radius 2 is 1.65 bits per heavy atom. The van der Waals surface area contributed by atoms with Crippen molar-refractivity contribution in [1.29, 1.82) is 0 Å². The maximum atomic E-state index is 12.6. The Kier molecular flexibility index (Phi) is 5.80. The molecule has 26 heavy (non-hydrogen) atoms. The van der Waals surface area contributed by atoms with Gasteiger partial charge in [0.1, 0.15) is 6.04 Å². The van der Waals surface area contributed by atoms with Gasteiger partial charge in [-0.05, 0) is 56.4 Å². The molecular formula is C18H25N3O4S. The van der Waals surface area contributed by atoms with Crippen molar-refractivity contribution >= 4 is 27.5 Å². The number of amides is 3. The van der Waals surface area contributed by atoms with E-state index in [1.165, 1.54) is 12.1 Å². The minimum atomic E-state index is -3.30. The Balaban J connectivity index is 1.60. The molecule has 1 aromatic rings. The predicted octanol–water partition coefficient (Wildman–Crippen LogP) is 2.19. The van der Waals surface area contributed by atoms with Crippen LogP contribution in [-0.2, 0) is 14.6 Å². The first-order chi connectivity index (χ1) is 12.5. The summed E-state index contributed by atoms with van der Waals surface area (Å²) in [6, 6.07) is 5.20. The SMILES string of the molecule is O=C(Nc1ccc(S(=O)(=O)C2CCCC2)cc1)N[C@@H]1CCCCNC1=O. The third-order valence-electron chi connectivity index (χ3n) is 5.02. The van der Waals surface area contributed by atoms with E-state index in [2.05, 4.69) is 16.0 Å². The topological polar surface area (TPSA) is 104 Å². The molecule has 1 saturated carbocycles. The lowest BCUT2D eigenvalue weighted by molar-refractivity contribution is -0.122. The smallest absolute Gasteiger partial charge is 0.319 e. The molecule has 142 valence electrons. The maximum Gasteiger partial charge on any atom is 0.319 e. The van der Waals surface area contributed by atoms with Gasteiger partial charge in [0.2, 0.25) is 5.91 Å². The summed E-state index contributed by atoms with van der Waals surface area (Å²) in [5, 5.41) is 7.79. The molecule has 8 heteroatoms. The molecule has 2 fully saturated rings. The molecule has 1 aliphatic carbocycles. The van der Waals surface area contributed by atoms with Crippen LogP contribution in [0.3, 0.4) is 0 Å². The summed E-state index contributed by atoms with van der Waals surface area (Å²) in [4.78, 5) is 24.3. The summed E-state index contributed by atoms with van der Waals surface area (Å²) in [6.45, 7) is 0.634. The third kappa shape index (κ3) is 4.35. The fourth-order valence-corrected chi connectivity index (χ4v) is 5.38. The van der Waals surface area contributed by atoms with Crippen LogP contribution < -0.4 is 16.0 Å². The van der Waals surface area contributed by atoms with Crippen LogP contribution in [0, 0.1) is 0 Å². The Morgan fingerprint density at radius 1 is 1.00 bits per heavy atom. The molecule has 0 unspecified atom stereocenters. The Hall–Kier alpha value is -2.09. The van der Waals surface area contributed by atoms with E-state index in [0.717, 1.165) is 25.7 Å². The first-order valence-electron chi connectivity index (χ1n) is 9.16. The van der Waals surface area contributed by atoms with Crippen molar-refractivity contribution in [3.8, 4) is 0 Å². The quantitative estimate of drug-likeness (QED) is 0.746. The number of hydrogen-bond donors (Lipinski definition) is 3. The molecule has 3 rings (SSSR count). The zero-order valence-electron chi connectivity index (χ0n) is 14.7. The number of nitrogens with one attached hydrogen (secondary N) is 3. The van der Waals surface area contributed by atoms with E-state index in [4.69, 9.17) is 0 Å². The fourth-order valence-electron chi connectivity index (χ4n) is 3.52. The standard InChI is InChI=1S/C18H25N3O4S/c22-17-16(7-3-4-12-19-17)21-18(23)20-13-8-10-15(11-9-13)26(24,25)14-5-1-2-6-14/h8-11,14,16H,1-7,12H2,(H,19,22)(H2,20,21,23)/t16-/m1/s1. The van der Waals surface area contributed by atoms with Crippen molar-refractivity contribution < 1.29 is 18.0 Å². The largest absolute Gasteiger partial charge is 0.354 e. The Morgan fingerprint density at radius 3 is 2.35 bits per heavy atom. The number of sulfone groups is 1. The molecular weight excluding hydrogens is 354 g/mol. The van der Waals surface area contributed by atoms with Crippen molar-refractivity contribution in [3.05, 3.63) is 24.3 Å². The minimum Gasteiger partial charge on any atom is -0.354 e. The van der Waals surface area contributed by atoms with Gasteiger partial charge in [-0.1, -0.05) is 12.8 Å². The van der Waals surface area contributed by atoms with Gasteiger partial charge in [-0.3, -0.25) is 4.79 Å². The molecule has 1 aliphatic heterocycles. The van der Waals surface area contributed by atoms with Crippen LogP contribution >= 0.6 is 0 Å². The van der Waals surface area contributed by atoms with E-state index in [-0.39, 0.29) is 11.2 Å². The maximum absolute atomic E-state index is 12.6. The molecule has 0 bridgehead atoms. The predicted molar refractivity (Wildman–Crippen MR) is 98.7 cm³/mol. The van der Waals surface area contributed by atoms with E-state index in [1.54, 1.807) is 12.1 Å². The molecule has 3 N–H and O–H groups in total. The van der Waals surface area contributed by atoms with Crippen molar-refractivity contribution in [2.75, 3.05) is 11.9 Å². The van der Waals surface area contributed by atoms with Gasteiger partial charge in [-0.25, -0.2) is 13.2 Å². The first-order valence-corrected chi connectivity index (χ1v) is 10.7. The highest BCUT2D eigenvalue weighted by Gasteiger charge is 2.30. The van der Waals surface area contributed by atoms with Crippen LogP contribution in [0.1, 0.15) is 44.9 Å². The molecule has 0 spiro atoms. The van der Waals surface area contributed by atoms with Gasteiger partial charge in [0.15, 0.2) is 9.84 Å². The van der Waals surface area contributed by atoms with Gasteiger partial charge < -0.3 is 16.0 Å². The summed E-state index contributed by atoms with van der Waals surface area (Å²) >= 11 is 0. The van der Waals surface area contributed by atoms with Gasteiger partial charge in [-0.2, -0.15) is 0 Å². The number of carbonyl (C=O) groups is 2. The molecule has 1 saturated heterocycles. The van der Waals surface area contributed by atoms with E-state index in [1.807, 2.05) is 0 Å².